The zero-order chi connectivity index (χ0) is 22.7. The van der Waals surface area contributed by atoms with E-state index in [0.29, 0.717) is 36.4 Å². The van der Waals surface area contributed by atoms with Gasteiger partial charge in [-0.1, -0.05) is 23.7 Å². The van der Waals surface area contributed by atoms with E-state index in [-0.39, 0.29) is 11.7 Å². The maximum absolute atomic E-state index is 13.5. The van der Waals surface area contributed by atoms with Crippen LogP contribution in [0.15, 0.2) is 47.5 Å². The van der Waals surface area contributed by atoms with E-state index in [1.165, 1.54) is 0 Å². The number of benzene rings is 2. The van der Waals surface area contributed by atoms with Gasteiger partial charge in [0.2, 0.25) is 5.91 Å². The molecule has 2 aliphatic heterocycles. The van der Waals surface area contributed by atoms with Crippen molar-refractivity contribution in [2.75, 3.05) is 38.1 Å². The lowest BCUT2D eigenvalue weighted by molar-refractivity contribution is -0.119. The molecule has 0 aliphatic carbocycles. The first-order valence-corrected chi connectivity index (χ1v) is 11.6. The number of halogens is 1. The van der Waals surface area contributed by atoms with E-state index in [2.05, 4.69) is 16.8 Å². The maximum Gasteiger partial charge on any atom is 0.231 e. The Hall–Kier alpha value is -2.70. The number of ketones is 1. The van der Waals surface area contributed by atoms with E-state index in [1.54, 1.807) is 17.9 Å². The number of Topliss-reactive ketones (excluding diaryl/α,β-unsaturated/α-hetero) is 1. The van der Waals surface area contributed by atoms with Crippen molar-refractivity contribution < 1.29 is 9.59 Å². The second-order valence-corrected chi connectivity index (χ2v) is 8.95. The predicted octanol–water partition coefficient (Wildman–Crippen LogP) is 4.79. The fourth-order valence-electron chi connectivity index (χ4n) is 4.23. The molecule has 0 unspecified atom stereocenters. The van der Waals surface area contributed by atoms with Gasteiger partial charge in [0.15, 0.2) is 0 Å². The minimum absolute atomic E-state index is 0.000554. The lowest BCUT2D eigenvalue weighted by Crippen LogP contribution is -2.47. The summed E-state index contributed by atoms with van der Waals surface area (Å²) in [7, 11) is 2.13. The third kappa shape index (κ3) is 4.87. The van der Waals surface area contributed by atoms with E-state index < -0.39 is 0 Å². The highest BCUT2D eigenvalue weighted by Crippen LogP contribution is 2.42. The number of fused-ring (bicyclic) bond motifs is 2. The van der Waals surface area contributed by atoms with Gasteiger partial charge in [-0.2, -0.15) is 0 Å². The van der Waals surface area contributed by atoms with Crippen molar-refractivity contribution in [3.05, 3.63) is 53.1 Å². The minimum Gasteiger partial charge on any atom is -0.353 e. The van der Waals surface area contributed by atoms with Gasteiger partial charge in [-0.15, -0.1) is 0 Å². The summed E-state index contributed by atoms with van der Waals surface area (Å²) in [5.41, 5.74) is 3.21. The van der Waals surface area contributed by atoms with Gasteiger partial charge in [-0.3, -0.25) is 9.69 Å². The maximum atomic E-state index is 13.5. The fraction of sp³-hybridized carbons (Fsp3) is 0.400. The van der Waals surface area contributed by atoms with Crippen LogP contribution in [-0.4, -0.2) is 60.6 Å². The lowest BCUT2D eigenvalue weighted by atomic mass is 10.1. The van der Waals surface area contributed by atoms with E-state index in [1.807, 2.05) is 36.4 Å². The molecule has 0 aromatic heterocycles. The van der Waals surface area contributed by atoms with Crippen LogP contribution in [0.2, 0.25) is 5.02 Å². The van der Waals surface area contributed by atoms with Crippen molar-refractivity contribution >= 4 is 46.2 Å². The number of carbonyl (C=O) groups excluding carboxylic acids is 2. The van der Waals surface area contributed by atoms with Crippen molar-refractivity contribution in [1.82, 2.24) is 9.80 Å². The number of hydrogen-bond donors (Lipinski definition) is 0. The monoisotopic (exact) mass is 452 g/mol. The number of amides is 1. The molecule has 7 heteroatoms. The van der Waals surface area contributed by atoms with Crippen LogP contribution in [0.5, 0.6) is 0 Å². The molecular weight excluding hydrogens is 424 g/mol. The van der Waals surface area contributed by atoms with E-state index in [4.69, 9.17) is 16.6 Å². The van der Waals surface area contributed by atoms with Crippen LogP contribution in [0.25, 0.3) is 0 Å². The molecule has 0 radical (unpaired) electrons. The number of hydrogen-bond acceptors (Lipinski definition) is 5. The molecule has 1 amide bonds. The van der Waals surface area contributed by atoms with E-state index in [0.717, 1.165) is 49.0 Å². The third-order valence-corrected chi connectivity index (χ3v) is 6.25. The Morgan fingerprint density at radius 2 is 1.69 bits per heavy atom. The summed E-state index contributed by atoms with van der Waals surface area (Å²) in [6.45, 7) is 5.26. The van der Waals surface area contributed by atoms with Crippen molar-refractivity contribution in [2.24, 2.45) is 4.99 Å². The molecule has 0 saturated carbocycles. The molecule has 2 aromatic rings. The second-order valence-electron chi connectivity index (χ2n) is 8.51. The number of amidine groups is 1. The average Bonchev–Trinajstić information content (AvgIpc) is 2.91. The average molecular weight is 453 g/mol. The van der Waals surface area contributed by atoms with Gasteiger partial charge in [0.05, 0.1) is 17.1 Å². The van der Waals surface area contributed by atoms with Crippen molar-refractivity contribution in [1.29, 1.82) is 0 Å². The van der Waals surface area contributed by atoms with Crippen LogP contribution in [0.4, 0.5) is 17.1 Å². The number of unbranched alkanes of at least 4 members (excludes halogenated alkanes) is 1. The number of likely N-dealkylation sites (N-methyl/N-ethyl adjacent to an activating group) is 1. The lowest BCUT2D eigenvalue weighted by Gasteiger charge is -2.35. The van der Waals surface area contributed by atoms with E-state index in [9.17, 15) is 9.59 Å². The predicted molar refractivity (Wildman–Crippen MR) is 129 cm³/mol. The van der Waals surface area contributed by atoms with Crippen LogP contribution in [-0.2, 0) is 9.59 Å². The SMILES string of the molecule is CC(=O)CCCCC(=O)N1c2ccc(Cl)cc2N=C(N2CCN(C)CC2)c2ccccc21. The molecule has 168 valence electrons. The summed E-state index contributed by atoms with van der Waals surface area (Å²) in [5, 5.41) is 0.588. The number of aliphatic imine (C=N–C) groups is 1. The number of rotatable bonds is 5. The molecule has 4 rings (SSSR count). The standard InChI is InChI=1S/C25H29ClN4O2/c1-18(31)7-3-6-10-24(32)30-22-9-5-4-8-20(22)25(29-15-13-28(2)14-16-29)27-21-17-19(26)11-12-23(21)30/h4-5,8-9,11-12,17H,3,6-7,10,13-16H2,1-2H3. The zero-order valence-corrected chi connectivity index (χ0v) is 19.4. The Morgan fingerprint density at radius 3 is 2.44 bits per heavy atom. The summed E-state index contributed by atoms with van der Waals surface area (Å²) >= 11 is 6.33. The Bertz CT molecular complexity index is 1040. The Kier molecular flexibility index (Phi) is 6.92. The molecule has 6 nitrogen and oxygen atoms in total. The highest BCUT2D eigenvalue weighted by molar-refractivity contribution is 6.31. The van der Waals surface area contributed by atoms with Crippen LogP contribution in [0.3, 0.4) is 0 Å². The number of anilines is 2. The third-order valence-electron chi connectivity index (χ3n) is 6.01. The van der Waals surface area contributed by atoms with Gasteiger partial charge >= 0.3 is 0 Å². The van der Waals surface area contributed by atoms with Gasteiger partial charge in [-0.05, 0) is 57.1 Å². The number of nitrogens with zero attached hydrogens (tertiary/aromatic N) is 4. The van der Waals surface area contributed by atoms with Crippen LogP contribution in [0, 0.1) is 0 Å². The zero-order valence-electron chi connectivity index (χ0n) is 18.7. The van der Waals surface area contributed by atoms with Crippen molar-refractivity contribution in [3.63, 3.8) is 0 Å². The molecule has 0 atom stereocenters. The normalized spacial score (nSPS) is 16.2. The number of piperazine rings is 1. The fourth-order valence-corrected chi connectivity index (χ4v) is 4.39. The molecule has 2 aromatic carbocycles. The van der Waals surface area contributed by atoms with Gasteiger partial charge in [-0.25, -0.2) is 4.99 Å². The Balaban J connectivity index is 1.74. The van der Waals surface area contributed by atoms with Gasteiger partial charge in [0, 0.05) is 49.6 Å². The highest BCUT2D eigenvalue weighted by Gasteiger charge is 2.30. The van der Waals surface area contributed by atoms with Crippen molar-refractivity contribution in [2.45, 2.75) is 32.6 Å². The first-order valence-electron chi connectivity index (χ1n) is 11.2. The van der Waals surface area contributed by atoms with Gasteiger partial charge in [0.1, 0.15) is 11.6 Å². The summed E-state index contributed by atoms with van der Waals surface area (Å²) in [5.74, 6) is 1.03. The number of para-hydroxylation sites is 1. The van der Waals surface area contributed by atoms with E-state index >= 15 is 0 Å². The number of carbonyl (C=O) groups is 2. The summed E-state index contributed by atoms with van der Waals surface area (Å²) < 4.78 is 0. The molecule has 0 spiro atoms. The first kappa shape index (κ1) is 22.5. The minimum atomic E-state index is -0.000554. The van der Waals surface area contributed by atoms with Gasteiger partial charge in [0.25, 0.3) is 0 Å². The molecule has 0 N–H and O–H groups in total. The van der Waals surface area contributed by atoms with Crippen LogP contribution >= 0.6 is 11.6 Å². The molecule has 0 bridgehead atoms. The summed E-state index contributed by atoms with van der Waals surface area (Å²) in [4.78, 5) is 36.2. The summed E-state index contributed by atoms with van der Waals surface area (Å²) in [6.07, 6.45) is 2.26. The van der Waals surface area contributed by atoms with Crippen LogP contribution < -0.4 is 4.90 Å². The van der Waals surface area contributed by atoms with Crippen molar-refractivity contribution in [3.8, 4) is 0 Å². The second kappa shape index (κ2) is 9.84. The quantitative estimate of drug-likeness (QED) is 0.612. The Labute approximate surface area is 194 Å². The summed E-state index contributed by atoms with van der Waals surface area (Å²) in [6, 6.07) is 13.5. The molecular formula is C25H29ClN4O2. The van der Waals surface area contributed by atoms with Crippen LogP contribution in [0.1, 0.15) is 38.2 Å². The topological polar surface area (TPSA) is 56.2 Å². The molecule has 2 aliphatic rings. The molecule has 2 heterocycles. The molecule has 1 fully saturated rings. The largest absolute Gasteiger partial charge is 0.353 e. The van der Waals surface area contributed by atoms with Gasteiger partial charge < -0.3 is 14.6 Å². The Morgan fingerprint density at radius 1 is 0.969 bits per heavy atom. The highest BCUT2D eigenvalue weighted by atomic mass is 35.5. The first-order chi connectivity index (χ1) is 15.4. The molecule has 32 heavy (non-hydrogen) atoms. The smallest absolute Gasteiger partial charge is 0.231 e. The molecule has 1 saturated heterocycles.